The van der Waals surface area contributed by atoms with Crippen molar-refractivity contribution in [1.82, 2.24) is 5.32 Å². The average Bonchev–Trinajstić information content (AvgIpc) is 2.28. The molecular weight excluding hydrogens is 222 g/mol. The molecule has 0 aromatic heterocycles. The van der Waals surface area contributed by atoms with Crippen LogP contribution in [0.5, 0.6) is 0 Å². The summed E-state index contributed by atoms with van der Waals surface area (Å²) in [5, 5.41) is 19.7. The number of aliphatic carboxylic acids is 1. The van der Waals surface area contributed by atoms with Gasteiger partial charge in [-0.3, -0.25) is 4.79 Å². The average molecular weight is 243 g/mol. The highest BCUT2D eigenvalue weighted by molar-refractivity contribution is 5.91. The third-order valence-electron chi connectivity index (χ3n) is 2.28. The van der Waals surface area contributed by atoms with Crippen LogP contribution < -0.4 is 5.32 Å². The number of hydrogen-bond donors (Lipinski definition) is 3. The van der Waals surface area contributed by atoms with Crippen molar-refractivity contribution in [3.05, 3.63) is 12.2 Å². The number of allylic oxidation sites excluding steroid dienone is 1. The Bertz CT molecular complexity index is 263. The molecule has 0 aromatic rings. The minimum atomic E-state index is -1.13. The number of rotatable bonds is 9. The molecule has 0 bridgehead atoms. The largest absolute Gasteiger partial charge is 0.480 e. The Hall–Kier alpha value is -1.36. The lowest BCUT2D eigenvalue weighted by molar-refractivity contribution is -0.141. The number of carbonyl (C=O) groups is 2. The smallest absolute Gasteiger partial charge is 0.326 e. The Morgan fingerprint density at radius 3 is 2.59 bits per heavy atom. The minimum absolute atomic E-state index is 0.0186. The number of nitrogens with one attached hydrogen (secondary N) is 1. The number of aliphatic hydroxyl groups excluding tert-OH is 1. The molecule has 0 aliphatic carbocycles. The van der Waals surface area contributed by atoms with Crippen molar-refractivity contribution < 1.29 is 19.8 Å². The van der Waals surface area contributed by atoms with Crippen LogP contribution in [0.2, 0.25) is 0 Å². The van der Waals surface area contributed by atoms with Crippen LogP contribution in [0, 0.1) is 0 Å². The molecule has 0 aromatic carbocycles. The normalized spacial score (nSPS) is 12.6. The summed E-state index contributed by atoms with van der Waals surface area (Å²) in [6.45, 7) is 1.83. The maximum Gasteiger partial charge on any atom is 0.326 e. The second-order valence-electron chi connectivity index (χ2n) is 3.81. The van der Waals surface area contributed by atoms with Gasteiger partial charge in [0.1, 0.15) is 6.04 Å². The Morgan fingerprint density at radius 2 is 2.06 bits per heavy atom. The zero-order valence-corrected chi connectivity index (χ0v) is 10.2. The van der Waals surface area contributed by atoms with Gasteiger partial charge in [-0.2, -0.15) is 0 Å². The van der Waals surface area contributed by atoms with Crippen LogP contribution >= 0.6 is 0 Å². The minimum Gasteiger partial charge on any atom is -0.480 e. The summed E-state index contributed by atoms with van der Waals surface area (Å²) >= 11 is 0. The highest BCUT2D eigenvalue weighted by atomic mass is 16.4. The second kappa shape index (κ2) is 9.84. The number of carboxylic acids is 1. The van der Waals surface area contributed by atoms with Crippen molar-refractivity contribution in [2.75, 3.05) is 6.61 Å². The van der Waals surface area contributed by atoms with Gasteiger partial charge in [0.05, 0.1) is 0 Å². The van der Waals surface area contributed by atoms with E-state index in [0.29, 0.717) is 0 Å². The lowest BCUT2D eigenvalue weighted by atomic mass is 10.2. The fourth-order valence-electron chi connectivity index (χ4n) is 1.31. The molecule has 0 spiro atoms. The predicted octanol–water partition coefficient (Wildman–Crippen LogP) is 1.07. The number of carboxylic acid groups (broad SMARTS) is 1. The molecule has 0 aliphatic rings. The molecule has 0 rings (SSSR count). The van der Waals surface area contributed by atoms with Gasteiger partial charge < -0.3 is 15.5 Å². The molecule has 1 amide bonds. The maximum atomic E-state index is 11.3. The van der Waals surface area contributed by atoms with E-state index in [1.807, 2.05) is 0 Å². The fourth-order valence-corrected chi connectivity index (χ4v) is 1.31. The SMILES string of the molecule is CCCCC/C=C/C(=O)N[C@@H](CCO)C(=O)O. The molecule has 0 saturated carbocycles. The molecule has 1 atom stereocenters. The molecule has 0 fully saturated rings. The highest BCUT2D eigenvalue weighted by Gasteiger charge is 2.17. The summed E-state index contributed by atoms with van der Waals surface area (Å²) in [7, 11) is 0. The van der Waals surface area contributed by atoms with E-state index in [4.69, 9.17) is 10.2 Å². The summed E-state index contributed by atoms with van der Waals surface area (Å²) in [4.78, 5) is 22.0. The van der Waals surface area contributed by atoms with E-state index in [9.17, 15) is 9.59 Å². The van der Waals surface area contributed by atoms with Gasteiger partial charge in [-0.05, 0) is 18.9 Å². The van der Waals surface area contributed by atoms with Crippen LogP contribution in [-0.4, -0.2) is 34.7 Å². The van der Waals surface area contributed by atoms with Crippen molar-refractivity contribution in [2.45, 2.75) is 45.1 Å². The predicted molar refractivity (Wildman–Crippen MR) is 64.6 cm³/mol. The van der Waals surface area contributed by atoms with Crippen LogP contribution in [0.4, 0.5) is 0 Å². The molecule has 0 radical (unpaired) electrons. The van der Waals surface area contributed by atoms with Gasteiger partial charge in [0.15, 0.2) is 0 Å². The lowest BCUT2D eigenvalue weighted by Crippen LogP contribution is -2.40. The van der Waals surface area contributed by atoms with Gasteiger partial charge >= 0.3 is 5.97 Å². The number of amides is 1. The Labute approximate surface area is 102 Å². The molecule has 98 valence electrons. The molecule has 5 heteroatoms. The van der Waals surface area contributed by atoms with Gasteiger partial charge in [-0.15, -0.1) is 0 Å². The zero-order valence-electron chi connectivity index (χ0n) is 10.2. The highest BCUT2D eigenvalue weighted by Crippen LogP contribution is 1.99. The number of carbonyl (C=O) groups excluding carboxylic acids is 1. The van der Waals surface area contributed by atoms with Crippen LogP contribution in [0.15, 0.2) is 12.2 Å². The maximum absolute atomic E-state index is 11.3. The van der Waals surface area contributed by atoms with Crippen LogP contribution in [0.25, 0.3) is 0 Å². The van der Waals surface area contributed by atoms with Crippen LogP contribution in [0.1, 0.15) is 39.0 Å². The first-order valence-corrected chi connectivity index (χ1v) is 5.92. The van der Waals surface area contributed by atoms with E-state index >= 15 is 0 Å². The summed E-state index contributed by atoms with van der Waals surface area (Å²) in [5.74, 6) is -1.56. The topological polar surface area (TPSA) is 86.6 Å². The van der Waals surface area contributed by atoms with Crippen LogP contribution in [-0.2, 0) is 9.59 Å². The zero-order chi connectivity index (χ0) is 13.1. The van der Waals surface area contributed by atoms with E-state index in [0.717, 1.165) is 25.7 Å². The summed E-state index contributed by atoms with van der Waals surface area (Å²) in [6, 6.07) is -1.02. The molecule has 17 heavy (non-hydrogen) atoms. The third-order valence-corrected chi connectivity index (χ3v) is 2.28. The van der Waals surface area contributed by atoms with Crippen LogP contribution in [0.3, 0.4) is 0 Å². The van der Waals surface area contributed by atoms with Gasteiger partial charge in [0, 0.05) is 13.0 Å². The van der Waals surface area contributed by atoms with E-state index < -0.39 is 17.9 Å². The van der Waals surface area contributed by atoms with Gasteiger partial charge in [-0.1, -0.05) is 25.8 Å². The van der Waals surface area contributed by atoms with Gasteiger partial charge in [-0.25, -0.2) is 4.79 Å². The third kappa shape index (κ3) is 8.45. The van der Waals surface area contributed by atoms with Gasteiger partial charge in [0.2, 0.25) is 5.91 Å². The molecule has 3 N–H and O–H groups in total. The first-order valence-electron chi connectivity index (χ1n) is 5.92. The first-order chi connectivity index (χ1) is 8.11. The van der Waals surface area contributed by atoms with Crippen molar-refractivity contribution >= 4 is 11.9 Å². The Balaban J connectivity index is 3.93. The summed E-state index contributed by atoms with van der Waals surface area (Å²) in [6.07, 6.45) is 7.20. The Morgan fingerprint density at radius 1 is 1.35 bits per heavy atom. The van der Waals surface area contributed by atoms with E-state index in [1.165, 1.54) is 6.08 Å². The van der Waals surface area contributed by atoms with E-state index in [1.54, 1.807) is 6.08 Å². The standard InChI is InChI=1S/C12H21NO4/c1-2-3-4-5-6-7-11(15)13-10(8-9-14)12(16)17/h6-7,10,14H,2-5,8-9H2,1H3,(H,13,15)(H,16,17)/b7-6+/t10-/m0/s1. The second-order valence-corrected chi connectivity index (χ2v) is 3.81. The quantitative estimate of drug-likeness (QED) is 0.417. The first kappa shape index (κ1) is 15.6. The number of hydrogen-bond acceptors (Lipinski definition) is 3. The van der Waals surface area contributed by atoms with E-state index in [-0.39, 0.29) is 13.0 Å². The molecule has 0 heterocycles. The molecular formula is C12H21NO4. The summed E-state index contributed by atoms with van der Waals surface area (Å²) in [5.41, 5.74) is 0. The molecule has 0 saturated heterocycles. The fraction of sp³-hybridized carbons (Fsp3) is 0.667. The summed E-state index contributed by atoms with van der Waals surface area (Å²) < 4.78 is 0. The Kier molecular flexibility index (Phi) is 9.05. The molecule has 0 aliphatic heterocycles. The number of unbranched alkanes of at least 4 members (excludes halogenated alkanes) is 3. The van der Waals surface area contributed by atoms with Crippen molar-refractivity contribution in [1.29, 1.82) is 0 Å². The van der Waals surface area contributed by atoms with Gasteiger partial charge in [0.25, 0.3) is 0 Å². The van der Waals surface area contributed by atoms with Crippen molar-refractivity contribution in [3.8, 4) is 0 Å². The molecule has 5 nitrogen and oxygen atoms in total. The van der Waals surface area contributed by atoms with Crippen molar-refractivity contribution in [3.63, 3.8) is 0 Å². The molecule has 0 unspecified atom stereocenters. The van der Waals surface area contributed by atoms with Crippen molar-refractivity contribution in [2.24, 2.45) is 0 Å². The lowest BCUT2D eigenvalue weighted by Gasteiger charge is -2.11. The van der Waals surface area contributed by atoms with E-state index in [2.05, 4.69) is 12.2 Å². The number of aliphatic hydroxyl groups is 1. The monoisotopic (exact) mass is 243 g/mol.